The summed E-state index contributed by atoms with van der Waals surface area (Å²) in [5.74, 6) is 0.388. The number of aliphatic imine (C=N–C) groups is 1. The van der Waals surface area contributed by atoms with E-state index >= 15 is 0 Å². The Morgan fingerprint density at radius 3 is 2.51 bits per heavy atom. The van der Waals surface area contributed by atoms with Crippen molar-refractivity contribution in [2.75, 3.05) is 0 Å². The van der Waals surface area contributed by atoms with E-state index in [4.69, 9.17) is 4.74 Å². The van der Waals surface area contributed by atoms with Gasteiger partial charge < -0.3 is 9.72 Å². The molecule has 5 rings (SSSR count). The van der Waals surface area contributed by atoms with Gasteiger partial charge in [0.15, 0.2) is 0 Å². The molecule has 0 aliphatic rings. The molecule has 0 amide bonds. The molecule has 0 atom stereocenters. The molecular formula is C27H18N4O4. The Morgan fingerprint density at radius 1 is 0.943 bits per heavy atom. The number of ether oxygens (including phenoxy) is 1. The van der Waals surface area contributed by atoms with Crippen molar-refractivity contribution in [3.8, 4) is 17.1 Å². The molecule has 8 heteroatoms. The van der Waals surface area contributed by atoms with Gasteiger partial charge in [-0.15, -0.1) is 0 Å². The summed E-state index contributed by atoms with van der Waals surface area (Å²) in [6, 6.07) is 27.8. The Morgan fingerprint density at radius 2 is 1.71 bits per heavy atom. The molecule has 0 saturated heterocycles. The maximum absolute atomic E-state index is 12.3. The number of aromatic nitrogens is 2. The molecule has 170 valence electrons. The van der Waals surface area contributed by atoms with Gasteiger partial charge in [-0.05, 0) is 60.2 Å². The standard InChI is InChI=1S/C27H18N4O4/c32-27(19-6-5-7-20(16-19)31(33)34)35-21-14-12-18(13-15-21)17-28-23-9-2-1-8-22(23)26-29-24-10-3-4-11-25(24)30-26/h1-17H,(H,29,30). The normalized spacial score (nSPS) is 11.1. The van der Waals surface area contributed by atoms with Crippen molar-refractivity contribution in [1.29, 1.82) is 0 Å². The maximum atomic E-state index is 12.3. The van der Waals surface area contributed by atoms with Crippen molar-refractivity contribution in [3.63, 3.8) is 0 Å². The molecule has 5 aromatic rings. The Kier molecular flexibility index (Phi) is 5.83. The van der Waals surface area contributed by atoms with Gasteiger partial charge in [0, 0.05) is 23.9 Å². The lowest BCUT2D eigenvalue weighted by Gasteiger charge is -2.05. The van der Waals surface area contributed by atoms with Crippen LogP contribution in [0.4, 0.5) is 11.4 Å². The number of rotatable bonds is 6. The number of non-ortho nitro benzene ring substituents is 1. The van der Waals surface area contributed by atoms with Crippen molar-refractivity contribution in [2.45, 2.75) is 0 Å². The van der Waals surface area contributed by atoms with E-state index in [1.165, 1.54) is 24.3 Å². The Labute approximate surface area is 199 Å². The van der Waals surface area contributed by atoms with Crippen molar-refractivity contribution in [2.24, 2.45) is 4.99 Å². The third kappa shape index (κ3) is 4.81. The lowest BCUT2D eigenvalue weighted by Crippen LogP contribution is -2.08. The Bertz CT molecular complexity index is 1540. The highest BCUT2D eigenvalue weighted by Gasteiger charge is 2.13. The number of aromatic amines is 1. The first-order valence-electron chi connectivity index (χ1n) is 10.7. The molecule has 35 heavy (non-hydrogen) atoms. The van der Waals surface area contributed by atoms with E-state index in [0.717, 1.165) is 33.7 Å². The average Bonchev–Trinajstić information content (AvgIpc) is 3.33. The van der Waals surface area contributed by atoms with Crippen LogP contribution < -0.4 is 4.74 Å². The minimum Gasteiger partial charge on any atom is -0.423 e. The van der Waals surface area contributed by atoms with Crippen LogP contribution in [-0.4, -0.2) is 27.1 Å². The van der Waals surface area contributed by atoms with Gasteiger partial charge in [-0.3, -0.25) is 15.1 Å². The quantitative estimate of drug-likeness (QED) is 0.108. The second-order valence-electron chi connectivity index (χ2n) is 7.64. The number of carbonyl (C=O) groups is 1. The highest BCUT2D eigenvalue weighted by Crippen LogP contribution is 2.29. The van der Waals surface area contributed by atoms with Crippen LogP contribution in [-0.2, 0) is 0 Å². The first kappa shape index (κ1) is 21.7. The molecule has 0 radical (unpaired) electrons. The lowest BCUT2D eigenvalue weighted by molar-refractivity contribution is -0.384. The number of nitrogens with one attached hydrogen (secondary N) is 1. The zero-order valence-corrected chi connectivity index (χ0v) is 18.3. The van der Waals surface area contributed by atoms with Crippen LogP contribution in [0.15, 0.2) is 102 Å². The van der Waals surface area contributed by atoms with Gasteiger partial charge in [0.05, 0.1) is 27.2 Å². The molecule has 1 aromatic heterocycles. The number of nitrogens with zero attached hydrogens (tertiary/aromatic N) is 3. The summed E-state index contributed by atoms with van der Waals surface area (Å²) < 4.78 is 5.34. The summed E-state index contributed by atoms with van der Waals surface area (Å²) in [5, 5.41) is 10.9. The monoisotopic (exact) mass is 462 g/mol. The number of esters is 1. The van der Waals surface area contributed by atoms with E-state index in [0.29, 0.717) is 5.75 Å². The highest BCUT2D eigenvalue weighted by atomic mass is 16.6. The van der Waals surface area contributed by atoms with Crippen molar-refractivity contribution >= 4 is 34.6 Å². The minimum atomic E-state index is -0.671. The molecule has 0 saturated carbocycles. The van der Waals surface area contributed by atoms with E-state index in [-0.39, 0.29) is 11.3 Å². The number of imidazole rings is 1. The number of carbonyl (C=O) groups excluding carboxylic acids is 1. The summed E-state index contributed by atoms with van der Waals surface area (Å²) in [6.45, 7) is 0. The van der Waals surface area contributed by atoms with E-state index in [1.54, 1.807) is 30.5 Å². The third-order valence-corrected chi connectivity index (χ3v) is 5.28. The maximum Gasteiger partial charge on any atom is 0.343 e. The fourth-order valence-corrected chi connectivity index (χ4v) is 3.55. The van der Waals surface area contributed by atoms with Gasteiger partial charge in [0.25, 0.3) is 5.69 Å². The summed E-state index contributed by atoms with van der Waals surface area (Å²) in [5.41, 5.74) is 4.21. The summed E-state index contributed by atoms with van der Waals surface area (Å²) in [7, 11) is 0. The average molecular weight is 462 g/mol. The molecule has 1 N–H and O–H groups in total. The molecule has 0 aliphatic heterocycles. The third-order valence-electron chi connectivity index (χ3n) is 5.28. The predicted octanol–water partition coefficient (Wildman–Crippen LogP) is 6.11. The number of benzene rings is 4. The topological polar surface area (TPSA) is 110 Å². The van der Waals surface area contributed by atoms with Gasteiger partial charge in [-0.2, -0.15) is 0 Å². The van der Waals surface area contributed by atoms with Crippen LogP contribution in [0.5, 0.6) is 5.75 Å². The van der Waals surface area contributed by atoms with Crippen LogP contribution in [0.2, 0.25) is 0 Å². The zero-order valence-electron chi connectivity index (χ0n) is 18.3. The van der Waals surface area contributed by atoms with Crippen LogP contribution >= 0.6 is 0 Å². The number of fused-ring (bicyclic) bond motifs is 1. The summed E-state index contributed by atoms with van der Waals surface area (Å²) in [4.78, 5) is 35.3. The Hall–Kier alpha value is -5.11. The molecule has 1 heterocycles. The zero-order chi connectivity index (χ0) is 24.2. The van der Waals surface area contributed by atoms with E-state index in [9.17, 15) is 14.9 Å². The molecule has 0 fully saturated rings. The molecule has 0 unspecified atom stereocenters. The van der Waals surface area contributed by atoms with Gasteiger partial charge in [-0.1, -0.05) is 30.3 Å². The molecule has 0 aliphatic carbocycles. The smallest absolute Gasteiger partial charge is 0.343 e. The lowest BCUT2D eigenvalue weighted by atomic mass is 10.1. The van der Waals surface area contributed by atoms with Crippen molar-refractivity contribution < 1.29 is 14.5 Å². The number of para-hydroxylation sites is 3. The number of nitro groups is 1. The van der Waals surface area contributed by atoms with E-state index < -0.39 is 10.9 Å². The molecule has 4 aromatic carbocycles. The van der Waals surface area contributed by atoms with Gasteiger partial charge in [0.2, 0.25) is 0 Å². The van der Waals surface area contributed by atoms with Crippen LogP contribution in [0.1, 0.15) is 15.9 Å². The molecule has 0 spiro atoms. The number of hydrogen-bond donors (Lipinski definition) is 1. The molecule has 8 nitrogen and oxygen atoms in total. The number of H-pyrrole nitrogens is 1. The molecule has 0 bridgehead atoms. The van der Waals surface area contributed by atoms with Crippen molar-refractivity contribution in [3.05, 3.63) is 118 Å². The van der Waals surface area contributed by atoms with Crippen molar-refractivity contribution in [1.82, 2.24) is 9.97 Å². The van der Waals surface area contributed by atoms with Gasteiger partial charge >= 0.3 is 5.97 Å². The summed E-state index contributed by atoms with van der Waals surface area (Å²) in [6.07, 6.45) is 1.72. The van der Waals surface area contributed by atoms with Crippen LogP contribution in [0, 0.1) is 10.1 Å². The number of hydrogen-bond acceptors (Lipinski definition) is 6. The minimum absolute atomic E-state index is 0.104. The van der Waals surface area contributed by atoms with Gasteiger partial charge in [0.1, 0.15) is 11.6 Å². The van der Waals surface area contributed by atoms with Crippen LogP contribution in [0.3, 0.4) is 0 Å². The Balaban J connectivity index is 1.32. The highest BCUT2D eigenvalue weighted by molar-refractivity contribution is 5.92. The molecular weight excluding hydrogens is 444 g/mol. The second-order valence-corrected chi connectivity index (χ2v) is 7.64. The fourth-order valence-electron chi connectivity index (χ4n) is 3.55. The predicted molar refractivity (Wildman–Crippen MR) is 133 cm³/mol. The SMILES string of the molecule is O=C(Oc1ccc(C=Nc2ccccc2-c2nc3ccccc3[nH]2)cc1)c1cccc([N+](=O)[O-])c1. The van der Waals surface area contributed by atoms with Crippen LogP contribution in [0.25, 0.3) is 22.4 Å². The van der Waals surface area contributed by atoms with E-state index in [2.05, 4.69) is 15.0 Å². The second kappa shape index (κ2) is 9.40. The fraction of sp³-hybridized carbons (Fsp3) is 0. The first-order valence-corrected chi connectivity index (χ1v) is 10.7. The number of nitro benzene ring substituents is 1. The largest absolute Gasteiger partial charge is 0.423 e. The van der Waals surface area contributed by atoms with E-state index in [1.807, 2.05) is 48.5 Å². The summed E-state index contributed by atoms with van der Waals surface area (Å²) >= 11 is 0. The van der Waals surface area contributed by atoms with Gasteiger partial charge in [-0.25, -0.2) is 9.78 Å². The first-order chi connectivity index (χ1) is 17.1.